The third-order valence-corrected chi connectivity index (χ3v) is 4.06. The number of anilines is 3. The summed E-state index contributed by atoms with van der Waals surface area (Å²) in [5.74, 6) is 2.29. The lowest BCUT2D eigenvalue weighted by molar-refractivity contribution is 0.340. The number of aromatic nitrogens is 2. The molecule has 0 fully saturated rings. The summed E-state index contributed by atoms with van der Waals surface area (Å²) in [5, 5.41) is 6.65. The van der Waals surface area contributed by atoms with Crippen molar-refractivity contribution in [2.24, 2.45) is 0 Å². The summed E-state index contributed by atoms with van der Waals surface area (Å²) in [6.45, 7) is 5.45. The lowest BCUT2D eigenvalue weighted by Gasteiger charge is -2.11. The number of benzene rings is 2. The third-order valence-electron chi connectivity index (χ3n) is 4.06. The lowest BCUT2D eigenvalue weighted by Crippen LogP contribution is -2.08. The Balaban J connectivity index is 1.55. The molecule has 3 aromatic rings. The van der Waals surface area contributed by atoms with Crippen LogP contribution in [0.1, 0.15) is 24.6 Å². The Hall–Kier alpha value is -3.08. The summed E-state index contributed by atoms with van der Waals surface area (Å²) in [6, 6.07) is 20.3. The summed E-state index contributed by atoms with van der Waals surface area (Å²) in [5.41, 5.74) is 3.23. The molecule has 0 bridgehead atoms. The van der Waals surface area contributed by atoms with E-state index in [1.54, 1.807) is 0 Å². The quantitative estimate of drug-likeness (QED) is 0.526. The minimum atomic E-state index is 0.650. The molecule has 0 atom stereocenters. The molecular formula is C22H26N4O. The Labute approximate surface area is 160 Å². The second kappa shape index (κ2) is 9.57. The van der Waals surface area contributed by atoms with E-state index in [0.717, 1.165) is 42.3 Å². The van der Waals surface area contributed by atoms with Gasteiger partial charge in [-0.2, -0.15) is 4.98 Å². The molecule has 140 valence electrons. The van der Waals surface area contributed by atoms with E-state index in [0.29, 0.717) is 12.6 Å². The minimum Gasteiger partial charge on any atom is -0.494 e. The van der Waals surface area contributed by atoms with Gasteiger partial charge in [-0.25, -0.2) is 4.98 Å². The van der Waals surface area contributed by atoms with Gasteiger partial charge in [-0.05, 0) is 56.5 Å². The monoisotopic (exact) mass is 362 g/mol. The van der Waals surface area contributed by atoms with Crippen LogP contribution in [0, 0.1) is 6.92 Å². The SMILES string of the molecule is CCOc1ccc(Nc2cc(C)nc(NCCCc3ccccc3)n2)cc1. The molecule has 2 aromatic carbocycles. The fourth-order valence-electron chi connectivity index (χ4n) is 2.80. The maximum Gasteiger partial charge on any atom is 0.224 e. The second-order valence-corrected chi connectivity index (χ2v) is 6.32. The molecule has 0 amide bonds. The van der Waals surface area contributed by atoms with Crippen LogP contribution in [0.4, 0.5) is 17.5 Å². The van der Waals surface area contributed by atoms with Crippen molar-refractivity contribution in [3.05, 3.63) is 71.9 Å². The Morgan fingerprint density at radius 1 is 0.963 bits per heavy atom. The van der Waals surface area contributed by atoms with Crippen LogP contribution in [0.5, 0.6) is 5.75 Å². The van der Waals surface area contributed by atoms with Gasteiger partial charge in [0.15, 0.2) is 0 Å². The van der Waals surface area contributed by atoms with Crippen molar-refractivity contribution in [3.8, 4) is 5.75 Å². The van der Waals surface area contributed by atoms with Crippen LogP contribution in [0.15, 0.2) is 60.7 Å². The molecule has 0 saturated heterocycles. The topological polar surface area (TPSA) is 59.1 Å². The standard InChI is InChI=1S/C22H26N4O/c1-3-27-20-13-11-19(12-14-20)25-21-16-17(2)24-22(26-21)23-15-7-10-18-8-5-4-6-9-18/h4-6,8-9,11-14,16H,3,7,10,15H2,1-2H3,(H2,23,24,25,26). The van der Waals surface area contributed by atoms with Gasteiger partial charge in [0.05, 0.1) is 6.61 Å². The Kier molecular flexibility index (Phi) is 6.63. The number of hydrogen-bond acceptors (Lipinski definition) is 5. The molecule has 5 heteroatoms. The highest BCUT2D eigenvalue weighted by Gasteiger charge is 2.03. The van der Waals surface area contributed by atoms with Crippen LogP contribution in [-0.2, 0) is 6.42 Å². The van der Waals surface area contributed by atoms with Gasteiger partial charge < -0.3 is 15.4 Å². The van der Waals surface area contributed by atoms with Crippen molar-refractivity contribution in [1.29, 1.82) is 0 Å². The Morgan fingerprint density at radius 3 is 2.48 bits per heavy atom. The first kappa shape index (κ1) is 18.7. The molecule has 0 unspecified atom stereocenters. The van der Waals surface area contributed by atoms with Gasteiger partial charge in [0.25, 0.3) is 0 Å². The maximum atomic E-state index is 5.47. The summed E-state index contributed by atoms with van der Waals surface area (Å²) in [7, 11) is 0. The van der Waals surface area contributed by atoms with Crippen LogP contribution in [-0.4, -0.2) is 23.1 Å². The second-order valence-electron chi connectivity index (χ2n) is 6.32. The van der Waals surface area contributed by atoms with Crippen molar-refractivity contribution in [2.75, 3.05) is 23.8 Å². The molecule has 0 spiro atoms. The van der Waals surface area contributed by atoms with Crippen molar-refractivity contribution in [2.45, 2.75) is 26.7 Å². The molecule has 0 aliphatic heterocycles. The highest BCUT2D eigenvalue weighted by atomic mass is 16.5. The number of rotatable bonds is 9. The first-order valence-corrected chi connectivity index (χ1v) is 9.36. The summed E-state index contributed by atoms with van der Waals surface area (Å²) in [6.07, 6.45) is 2.07. The highest BCUT2D eigenvalue weighted by molar-refractivity contribution is 5.58. The molecule has 27 heavy (non-hydrogen) atoms. The number of hydrogen-bond donors (Lipinski definition) is 2. The van der Waals surface area contributed by atoms with E-state index in [1.807, 2.05) is 50.2 Å². The average molecular weight is 362 g/mol. The summed E-state index contributed by atoms with van der Waals surface area (Å²) >= 11 is 0. The van der Waals surface area contributed by atoms with Gasteiger partial charge in [0.2, 0.25) is 5.95 Å². The van der Waals surface area contributed by atoms with Crippen LogP contribution in [0.3, 0.4) is 0 Å². The van der Waals surface area contributed by atoms with E-state index >= 15 is 0 Å². The molecule has 3 rings (SSSR count). The zero-order valence-electron chi connectivity index (χ0n) is 15.9. The van der Waals surface area contributed by atoms with Crippen molar-refractivity contribution in [3.63, 3.8) is 0 Å². The largest absolute Gasteiger partial charge is 0.494 e. The van der Waals surface area contributed by atoms with Crippen LogP contribution >= 0.6 is 0 Å². The van der Waals surface area contributed by atoms with Crippen molar-refractivity contribution in [1.82, 2.24) is 9.97 Å². The Morgan fingerprint density at radius 2 is 1.74 bits per heavy atom. The van der Waals surface area contributed by atoms with E-state index in [2.05, 4.69) is 44.9 Å². The van der Waals surface area contributed by atoms with Crippen LogP contribution in [0.2, 0.25) is 0 Å². The minimum absolute atomic E-state index is 0.650. The van der Waals surface area contributed by atoms with E-state index in [4.69, 9.17) is 4.74 Å². The average Bonchev–Trinajstić information content (AvgIpc) is 2.67. The van der Waals surface area contributed by atoms with Gasteiger partial charge in [-0.15, -0.1) is 0 Å². The number of nitrogens with one attached hydrogen (secondary N) is 2. The number of nitrogens with zero attached hydrogens (tertiary/aromatic N) is 2. The fraction of sp³-hybridized carbons (Fsp3) is 0.273. The van der Waals surface area contributed by atoms with Gasteiger partial charge in [-0.1, -0.05) is 30.3 Å². The normalized spacial score (nSPS) is 10.4. The zero-order chi connectivity index (χ0) is 18.9. The number of ether oxygens (including phenoxy) is 1. The molecule has 0 aliphatic carbocycles. The lowest BCUT2D eigenvalue weighted by atomic mass is 10.1. The van der Waals surface area contributed by atoms with Crippen LogP contribution < -0.4 is 15.4 Å². The van der Waals surface area contributed by atoms with Crippen molar-refractivity contribution >= 4 is 17.5 Å². The molecule has 5 nitrogen and oxygen atoms in total. The first-order valence-electron chi connectivity index (χ1n) is 9.36. The molecule has 1 aromatic heterocycles. The summed E-state index contributed by atoms with van der Waals surface area (Å²) in [4.78, 5) is 9.04. The molecule has 0 radical (unpaired) electrons. The molecule has 0 saturated carbocycles. The molecule has 1 heterocycles. The maximum absolute atomic E-state index is 5.47. The van der Waals surface area contributed by atoms with E-state index in [9.17, 15) is 0 Å². The van der Waals surface area contributed by atoms with E-state index < -0.39 is 0 Å². The smallest absolute Gasteiger partial charge is 0.224 e. The molecule has 2 N–H and O–H groups in total. The zero-order valence-corrected chi connectivity index (χ0v) is 15.9. The van der Waals surface area contributed by atoms with E-state index in [1.165, 1.54) is 5.56 Å². The molecular weight excluding hydrogens is 336 g/mol. The predicted molar refractivity (Wildman–Crippen MR) is 111 cm³/mol. The summed E-state index contributed by atoms with van der Waals surface area (Å²) < 4.78 is 5.47. The third kappa shape index (κ3) is 5.99. The first-order chi connectivity index (χ1) is 13.2. The van der Waals surface area contributed by atoms with Crippen molar-refractivity contribution < 1.29 is 4.74 Å². The van der Waals surface area contributed by atoms with Gasteiger partial charge >= 0.3 is 0 Å². The Bertz CT molecular complexity index is 835. The van der Waals surface area contributed by atoms with Gasteiger partial charge in [-0.3, -0.25) is 0 Å². The predicted octanol–water partition coefficient (Wildman–Crippen LogP) is 4.97. The van der Waals surface area contributed by atoms with Crippen LogP contribution in [0.25, 0.3) is 0 Å². The molecule has 0 aliphatic rings. The fourth-order valence-corrected chi connectivity index (χ4v) is 2.80. The van der Waals surface area contributed by atoms with E-state index in [-0.39, 0.29) is 0 Å². The van der Waals surface area contributed by atoms with Gasteiger partial charge in [0.1, 0.15) is 11.6 Å². The number of aryl methyl sites for hydroxylation is 2. The highest BCUT2D eigenvalue weighted by Crippen LogP contribution is 2.20. The van der Waals surface area contributed by atoms with Gasteiger partial charge in [0, 0.05) is 24.0 Å².